The summed E-state index contributed by atoms with van der Waals surface area (Å²) < 4.78 is 11.1. The molecule has 1 rings (SSSR count). The maximum atomic E-state index is 8.72. The Bertz CT molecular complexity index is 387. The Morgan fingerprint density at radius 1 is 1.05 bits per heavy atom. The lowest BCUT2D eigenvalue weighted by Gasteiger charge is -2.09. The average Bonchev–Trinajstić information content (AvgIpc) is 2.40. The minimum Gasteiger partial charge on any atom is -0.477 e. The van der Waals surface area contributed by atoms with Crippen molar-refractivity contribution in [1.29, 1.82) is 5.26 Å². The largest absolute Gasteiger partial charge is 0.477 e. The Hall–Kier alpha value is -1.83. The highest BCUT2D eigenvalue weighted by Crippen LogP contribution is 2.16. The normalized spacial score (nSPS) is 9.95. The molecule has 0 aliphatic carbocycles. The predicted molar refractivity (Wildman–Crippen MR) is 72.2 cm³/mol. The summed E-state index contributed by atoms with van der Waals surface area (Å²) in [6, 6.07) is 3.72. The second-order valence-electron chi connectivity index (χ2n) is 4.20. The van der Waals surface area contributed by atoms with Crippen molar-refractivity contribution in [2.75, 3.05) is 13.2 Å². The SMILES string of the molecule is CCCCOc1cc(OCCCC)nc(CC#N)n1. The molecule has 0 fully saturated rings. The van der Waals surface area contributed by atoms with Gasteiger partial charge in [-0.2, -0.15) is 15.2 Å². The van der Waals surface area contributed by atoms with E-state index >= 15 is 0 Å². The first-order valence-electron chi connectivity index (χ1n) is 6.80. The summed E-state index contributed by atoms with van der Waals surface area (Å²) in [6.45, 7) is 5.44. The van der Waals surface area contributed by atoms with Gasteiger partial charge in [-0.3, -0.25) is 0 Å². The number of nitrogens with zero attached hydrogens (tertiary/aromatic N) is 3. The highest BCUT2D eigenvalue weighted by Gasteiger charge is 2.06. The van der Waals surface area contributed by atoms with Gasteiger partial charge in [-0.1, -0.05) is 26.7 Å². The second kappa shape index (κ2) is 9.15. The number of hydrogen-bond donors (Lipinski definition) is 0. The maximum Gasteiger partial charge on any atom is 0.220 e. The van der Waals surface area contributed by atoms with Crippen LogP contribution in [0.25, 0.3) is 0 Å². The summed E-state index contributed by atoms with van der Waals surface area (Å²) in [5.41, 5.74) is 0. The van der Waals surface area contributed by atoms with E-state index in [1.807, 2.05) is 6.07 Å². The summed E-state index contributed by atoms with van der Waals surface area (Å²) in [5.74, 6) is 1.42. The van der Waals surface area contributed by atoms with Gasteiger partial charge in [0.2, 0.25) is 11.8 Å². The molecule has 0 atom stereocenters. The first-order valence-corrected chi connectivity index (χ1v) is 6.80. The molecule has 5 nitrogen and oxygen atoms in total. The third kappa shape index (κ3) is 6.05. The van der Waals surface area contributed by atoms with Crippen LogP contribution in [0, 0.1) is 11.3 Å². The molecule has 0 saturated heterocycles. The minimum absolute atomic E-state index is 0.162. The lowest BCUT2D eigenvalue weighted by molar-refractivity contribution is 0.277. The van der Waals surface area contributed by atoms with Crippen LogP contribution in [0.4, 0.5) is 0 Å². The molecule has 0 aliphatic rings. The Balaban J connectivity index is 2.69. The zero-order valence-corrected chi connectivity index (χ0v) is 11.7. The van der Waals surface area contributed by atoms with Crippen molar-refractivity contribution in [3.63, 3.8) is 0 Å². The smallest absolute Gasteiger partial charge is 0.220 e. The van der Waals surface area contributed by atoms with Gasteiger partial charge in [0.1, 0.15) is 5.82 Å². The Morgan fingerprint density at radius 2 is 1.58 bits per heavy atom. The highest BCUT2D eigenvalue weighted by molar-refractivity contribution is 5.22. The molecule has 0 amide bonds. The van der Waals surface area contributed by atoms with Gasteiger partial charge in [0, 0.05) is 0 Å². The van der Waals surface area contributed by atoms with Crippen molar-refractivity contribution in [2.45, 2.75) is 46.0 Å². The average molecular weight is 263 g/mol. The molecule has 1 aromatic rings. The van der Waals surface area contributed by atoms with E-state index in [4.69, 9.17) is 14.7 Å². The van der Waals surface area contributed by atoms with Gasteiger partial charge in [0.15, 0.2) is 0 Å². The Labute approximate surface area is 114 Å². The van der Waals surface area contributed by atoms with Crippen LogP contribution in [0.2, 0.25) is 0 Å². The number of ether oxygens (including phenoxy) is 2. The van der Waals surface area contributed by atoms with E-state index in [9.17, 15) is 0 Å². The molecule has 1 aromatic heterocycles. The fourth-order valence-electron chi connectivity index (χ4n) is 1.39. The van der Waals surface area contributed by atoms with Gasteiger partial charge < -0.3 is 9.47 Å². The Morgan fingerprint density at radius 3 is 2.00 bits per heavy atom. The van der Waals surface area contributed by atoms with Gasteiger partial charge in [-0.25, -0.2) is 0 Å². The molecule has 0 aliphatic heterocycles. The quantitative estimate of drug-likeness (QED) is 0.641. The molecular formula is C14H21N3O2. The van der Waals surface area contributed by atoms with Crippen molar-refractivity contribution in [1.82, 2.24) is 9.97 Å². The van der Waals surface area contributed by atoms with Crippen LogP contribution in [0.3, 0.4) is 0 Å². The Kier molecular flexibility index (Phi) is 7.33. The van der Waals surface area contributed by atoms with Crippen LogP contribution in [0.15, 0.2) is 6.07 Å². The summed E-state index contributed by atoms with van der Waals surface area (Å²) in [4.78, 5) is 8.37. The number of unbranched alkanes of at least 4 members (excludes halogenated alkanes) is 2. The lowest BCUT2D eigenvalue weighted by atomic mass is 10.3. The molecule has 19 heavy (non-hydrogen) atoms. The van der Waals surface area contributed by atoms with E-state index in [1.165, 1.54) is 0 Å². The van der Waals surface area contributed by atoms with Gasteiger partial charge in [-0.15, -0.1) is 0 Å². The zero-order chi connectivity index (χ0) is 13.9. The van der Waals surface area contributed by atoms with Crippen LogP contribution < -0.4 is 9.47 Å². The van der Waals surface area contributed by atoms with E-state index in [0.29, 0.717) is 30.8 Å². The van der Waals surface area contributed by atoms with Crippen LogP contribution >= 0.6 is 0 Å². The molecule has 0 bridgehead atoms. The third-order valence-electron chi connectivity index (χ3n) is 2.46. The molecular weight excluding hydrogens is 242 g/mol. The second-order valence-corrected chi connectivity index (χ2v) is 4.20. The van der Waals surface area contributed by atoms with Crippen molar-refractivity contribution >= 4 is 0 Å². The topological polar surface area (TPSA) is 68.0 Å². The van der Waals surface area contributed by atoms with Crippen molar-refractivity contribution in [3.05, 3.63) is 11.9 Å². The molecule has 5 heteroatoms. The molecule has 104 valence electrons. The third-order valence-corrected chi connectivity index (χ3v) is 2.46. The molecule has 0 spiro atoms. The molecule has 0 saturated carbocycles. The van der Waals surface area contributed by atoms with Crippen molar-refractivity contribution < 1.29 is 9.47 Å². The summed E-state index contributed by atoms with van der Waals surface area (Å²) in [6.07, 6.45) is 4.24. The van der Waals surface area contributed by atoms with E-state index in [-0.39, 0.29) is 6.42 Å². The number of aromatic nitrogens is 2. The van der Waals surface area contributed by atoms with Crippen LogP contribution in [-0.4, -0.2) is 23.2 Å². The predicted octanol–water partition coefficient (Wildman–Crippen LogP) is 2.90. The van der Waals surface area contributed by atoms with Gasteiger partial charge >= 0.3 is 0 Å². The zero-order valence-electron chi connectivity index (χ0n) is 11.7. The molecule has 1 heterocycles. The summed E-state index contributed by atoms with van der Waals surface area (Å²) >= 11 is 0. The van der Waals surface area contributed by atoms with Crippen LogP contribution in [0.1, 0.15) is 45.4 Å². The minimum atomic E-state index is 0.162. The first-order chi connectivity index (χ1) is 9.30. The van der Waals surface area contributed by atoms with Crippen molar-refractivity contribution in [3.8, 4) is 17.8 Å². The lowest BCUT2D eigenvalue weighted by Crippen LogP contribution is -2.05. The molecule has 0 N–H and O–H groups in total. The fourth-order valence-corrected chi connectivity index (χ4v) is 1.39. The summed E-state index contributed by atoms with van der Waals surface area (Å²) in [5, 5.41) is 8.72. The maximum absolute atomic E-state index is 8.72. The van der Waals surface area contributed by atoms with E-state index < -0.39 is 0 Å². The fraction of sp³-hybridized carbons (Fsp3) is 0.643. The van der Waals surface area contributed by atoms with E-state index in [0.717, 1.165) is 25.7 Å². The number of rotatable bonds is 9. The molecule has 0 aromatic carbocycles. The van der Waals surface area contributed by atoms with Gasteiger partial charge in [0.05, 0.1) is 31.8 Å². The van der Waals surface area contributed by atoms with Crippen LogP contribution in [-0.2, 0) is 6.42 Å². The van der Waals surface area contributed by atoms with Crippen LogP contribution in [0.5, 0.6) is 11.8 Å². The van der Waals surface area contributed by atoms with E-state index in [2.05, 4.69) is 23.8 Å². The standard InChI is InChI=1S/C14H21N3O2/c1-3-5-9-18-13-11-14(19-10-6-4-2)17-12(16-13)7-8-15/h11H,3-7,9-10H2,1-2H3. The number of nitriles is 1. The monoisotopic (exact) mass is 263 g/mol. The molecule has 0 radical (unpaired) electrons. The first kappa shape index (κ1) is 15.2. The summed E-state index contributed by atoms with van der Waals surface area (Å²) in [7, 11) is 0. The van der Waals surface area contributed by atoms with Gasteiger partial charge in [0.25, 0.3) is 0 Å². The molecule has 0 unspecified atom stereocenters. The van der Waals surface area contributed by atoms with Gasteiger partial charge in [-0.05, 0) is 12.8 Å². The highest BCUT2D eigenvalue weighted by atomic mass is 16.5. The number of hydrogen-bond acceptors (Lipinski definition) is 5. The van der Waals surface area contributed by atoms with E-state index in [1.54, 1.807) is 6.07 Å². The van der Waals surface area contributed by atoms with Crippen molar-refractivity contribution in [2.24, 2.45) is 0 Å².